The lowest BCUT2D eigenvalue weighted by molar-refractivity contribution is 1.07. The van der Waals surface area contributed by atoms with Gasteiger partial charge in [0, 0.05) is 25.9 Å². The van der Waals surface area contributed by atoms with Crippen LogP contribution in [0.4, 0.5) is 5.82 Å². The Balaban J connectivity index is 2.31. The van der Waals surface area contributed by atoms with Crippen molar-refractivity contribution in [3.8, 4) is 11.3 Å². The number of aromatic amines is 1. The second kappa shape index (κ2) is 3.49. The van der Waals surface area contributed by atoms with Gasteiger partial charge in [-0.05, 0) is 12.1 Å². The van der Waals surface area contributed by atoms with Crippen LogP contribution in [-0.4, -0.2) is 29.0 Å². The fraction of sp³-hybridized carbons (Fsp3) is 0.200. The summed E-state index contributed by atoms with van der Waals surface area (Å²) in [6.07, 6.45) is 5.28. The molecular formula is C10H12N4. The number of hydrogen-bond acceptors (Lipinski definition) is 3. The molecule has 0 saturated carbocycles. The zero-order valence-electron chi connectivity index (χ0n) is 8.23. The van der Waals surface area contributed by atoms with Crippen molar-refractivity contribution in [2.24, 2.45) is 0 Å². The summed E-state index contributed by atoms with van der Waals surface area (Å²) >= 11 is 0. The minimum atomic E-state index is 0.952. The Kier molecular flexibility index (Phi) is 2.18. The van der Waals surface area contributed by atoms with E-state index >= 15 is 0 Å². The average Bonchev–Trinajstić information content (AvgIpc) is 2.71. The van der Waals surface area contributed by atoms with E-state index in [2.05, 4.69) is 15.0 Å². The van der Waals surface area contributed by atoms with Crippen molar-refractivity contribution in [3.63, 3.8) is 0 Å². The van der Waals surface area contributed by atoms with E-state index < -0.39 is 0 Å². The second-order valence-corrected chi connectivity index (χ2v) is 3.26. The highest BCUT2D eigenvalue weighted by atomic mass is 15.1. The van der Waals surface area contributed by atoms with Gasteiger partial charge < -0.3 is 9.88 Å². The molecule has 2 aromatic heterocycles. The molecule has 0 aliphatic carbocycles. The summed E-state index contributed by atoms with van der Waals surface area (Å²) < 4.78 is 0. The zero-order valence-corrected chi connectivity index (χ0v) is 8.23. The van der Waals surface area contributed by atoms with E-state index in [0.29, 0.717) is 0 Å². The standard InChI is InChI=1S/C10H12N4/c1-14(2)10-4-3-8(5-12-10)9-6-11-7-13-9/h3-7H,1-2H3,(H,11,13). The third-order valence-corrected chi connectivity index (χ3v) is 2.02. The highest BCUT2D eigenvalue weighted by Gasteiger charge is 2.00. The molecule has 4 nitrogen and oxygen atoms in total. The van der Waals surface area contributed by atoms with Gasteiger partial charge in [-0.1, -0.05) is 0 Å². The summed E-state index contributed by atoms with van der Waals surface area (Å²) in [7, 11) is 3.94. The molecule has 0 fully saturated rings. The topological polar surface area (TPSA) is 44.8 Å². The maximum absolute atomic E-state index is 4.31. The van der Waals surface area contributed by atoms with Crippen LogP contribution in [0.1, 0.15) is 0 Å². The van der Waals surface area contributed by atoms with E-state index in [0.717, 1.165) is 17.1 Å². The van der Waals surface area contributed by atoms with Gasteiger partial charge in [0.15, 0.2) is 0 Å². The Morgan fingerprint density at radius 2 is 2.07 bits per heavy atom. The first-order valence-corrected chi connectivity index (χ1v) is 4.39. The van der Waals surface area contributed by atoms with Gasteiger partial charge in [0.2, 0.25) is 0 Å². The molecule has 0 aliphatic rings. The van der Waals surface area contributed by atoms with Crippen molar-refractivity contribution < 1.29 is 0 Å². The van der Waals surface area contributed by atoms with Crippen LogP contribution in [0, 0.1) is 0 Å². The largest absolute Gasteiger partial charge is 0.363 e. The number of anilines is 1. The fourth-order valence-corrected chi connectivity index (χ4v) is 1.22. The Morgan fingerprint density at radius 1 is 1.21 bits per heavy atom. The Morgan fingerprint density at radius 3 is 2.57 bits per heavy atom. The van der Waals surface area contributed by atoms with Crippen LogP contribution in [0.2, 0.25) is 0 Å². The van der Waals surface area contributed by atoms with Crippen LogP contribution in [0.5, 0.6) is 0 Å². The number of pyridine rings is 1. The van der Waals surface area contributed by atoms with E-state index in [9.17, 15) is 0 Å². The molecule has 2 rings (SSSR count). The molecule has 2 aromatic rings. The zero-order chi connectivity index (χ0) is 9.97. The van der Waals surface area contributed by atoms with Gasteiger partial charge in [-0.15, -0.1) is 0 Å². The van der Waals surface area contributed by atoms with E-state index in [1.54, 1.807) is 12.5 Å². The van der Waals surface area contributed by atoms with Crippen molar-refractivity contribution in [1.29, 1.82) is 0 Å². The van der Waals surface area contributed by atoms with E-state index in [1.807, 2.05) is 37.3 Å². The van der Waals surface area contributed by atoms with Gasteiger partial charge in [0.25, 0.3) is 0 Å². The highest BCUT2D eigenvalue weighted by molar-refractivity contribution is 5.58. The van der Waals surface area contributed by atoms with Crippen LogP contribution < -0.4 is 4.90 Å². The van der Waals surface area contributed by atoms with E-state index in [4.69, 9.17) is 0 Å². The normalized spacial score (nSPS) is 10.1. The molecule has 0 aliphatic heterocycles. The number of rotatable bonds is 2. The van der Waals surface area contributed by atoms with Crippen molar-refractivity contribution in [2.45, 2.75) is 0 Å². The van der Waals surface area contributed by atoms with Crippen molar-refractivity contribution in [1.82, 2.24) is 15.0 Å². The minimum Gasteiger partial charge on any atom is -0.363 e. The van der Waals surface area contributed by atoms with E-state index in [-0.39, 0.29) is 0 Å². The summed E-state index contributed by atoms with van der Waals surface area (Å²) in [5.74, 6) is 0.952. The van der Waals surface area contributed by atoms with Crippen LogP contribution in [0.25, 0.3) is 11.3 Å². The van der Waals surface area contributed by atoms with Gasteiger partial charge >= 0.3 is 0 Å². The lowest BCUT2D eigenvalue weighted by Crippen LogP contribution is -2.09. The third-order valence-electron chi connectivity index (χ3n) is 2.02. The minimum absolute atomic E-state index is 0.952. The fourth-order valence-electron chi connectivity index (χ4n) is 1.22. The maximum Gasteiger partial charge on any atom is 0.127 e. The summed E-state index contributed by atoms with van der Waals surface area (Å²) in [4.78, 5) is 13.3. The first-order chi connectivity index (χ1) is 6.77. The average molecular weight is 188 g/mol. The molecule has 4 heteroatoms. The first kappa shape index (κ1) is 8.74. The Hall–Kier alpha value is -1.84. The molecule has 2 heterocycles. The summed E-state index contributed by atoms with van der Waals surface area (Å²) in [6.45, 7) is 0. The van der Waals surface area contributed by atoms with Crippen molar-refractivity contribution in [2.75, 3.05) is 19.0 Å². The van der Waals surface area contributed by atoms with Gasteiger partial charge in [0.05, 0.1) is 18.2 Å². The molecule has 0 bridgehead atoms. The number of nitrogens with zero attached hydrogens (tertiary/aromatic N) is 3. The van der Waals surface area contributed by atoms with Gasteiger partial charge in [-0.3, -0.25) is 0 Å². The molecule has 0 saturated heterocycles. The molecule has 0 amide bonds. The summed E-state index contributed by atoms with van der Waals surface area (Å²) in [5.41, 5.74) is 2.04. The van der Waals surface area contributed by atoms with Crippen LogP contribution in [-0.2, 0) is 0 Å². The molecule has 14 heavy (non-hydrogen) atoms. The van der Waals surface area contributed by atoms with Gasteiger partial charge in [0.1, 0.15) is 5.82 Å². The predicted octanol–water partition coefficient (Wildman–Crippen LogP) is 1.54. The molecular weight excluding hydrogens is 176 g/mol. The lowest BCUT2D eigenvalue weighted by Gasteiger charge is -2.10. The number of aromatic nitrogens is 3. The summed E-state index contributed by atoms with van der Waals surface area (Å²) in [6, 6.07) is 4.01. The first-order valence-electron chi connectivity index (χ1n) is 4.39. The molecule has 72 valence electrons. The van der Waals surface area contributed by atoms with Crippen LogP contribution >= 0.6 is 0 Å². The third kappa shape index (κ3) is 1.59. The summed E-state index contributed by atoms with van der Waals surface area (Å²) in [5, 5.41) is 0. The molecule has 0 unspecified atom stereocenters. The quantitative estimate of drug-likeness (QED) is 0.777. The molecule has 0 atom stereocenters. The number of hydrogen-bond donors (Lipinski definition) is 1. The smallest absolute Gasteiger partial charge is 0.127 e. The van der Waals surface area contributed by atoms with Gasteiger partial charge in [-0.25, -0.2) is 9.97 Å². The van der Waals surface area contributed by atoms with E-state index in [1.165, 1.54) is 0 Å². The highest BCUT2D eigenvalue weighted by Crippen LogP contribution is 2.16. The molecule has 0 spiro atoms. The van der Waals surface area contributed by atoms with Crippen LogP contribution in [0.3, 0.4) is 0 Å². The second-order valence-electron chi connectivity index (χ2n) is 3.26. The van der Waals surface area contributed by atoms with Gasteiger partial charge in [-0.2, -0.15) is 0 Å². The number of H-pyrrole nitrogens is 1. The Bertz CT molecular complexity index is 389. The lowest BCUT2D eigenvalue weighted by atomic mass is 10.2. The molecule has 0 radical (unpaired) electrons. The SMILES string of the molecule is CN(C)c1ccc(-c2cnc[nH]2)cn1. The number of imidazole rings is 1. The van der Waals surface area contributed by atoms with Crippen molar-refractivity contribution >= 4 is 5.82 Å². The monoisotopic (exact) mass is 188 g/mol. The molecule has 1 N–H and O–H groups in total. The van der Waals surface area contributed by atoms with Crippen LogP contribution in [0.15, 0.2) is 30.9 Å². The molecule has 0 aromatic carbocycles. The Labute approximate surface area is 82.6 Å². The predicted molar refractivity (Wildman–Crippen MR) is 56.1 cm³/mol. The number of nitrogens with one attached hydrogen (secondary N) is 1. The maximum atomic E-state index is 4.31. The van der Waals surface area contributed by atoms with Crippen molar-refractivity contribution in [3.05, 3.63) is 30.9 Å².